The number of Topliss-reactive ketones (excluding diaryl/α,β-unsaturated/α-hetero) is 1. The number of hydrogen-bond donors (Lipinski definition) is 1. The molecule has 2 aromatic rings. The predicted molar refractivity (Wildman–Crippen MR) is 157 cm³/mol. The van der Waals surface area contributed by atoms with Crippen LogP contribution in [-0.4, -0.2) is 86.3 Å². The standard InChI is InChI=1S/C32H42N2O7/c1-4-6-7-18-41-26-12-11-23(22-27(26)38-3)29-28(30(35)24-9-8-10-25(21-24)40-17-5-2)31(36)32(37)34(29)14-13-33-15-19-39-20-16-33/h8-12,21-22,29,35H,4-7,13-20H2,1-3H3/b30-28+. The number of rotatable bonds is 14. The number of benzene rings is 2. The molecule has 1 atom stereocenters. The molecule has 2 aliphatic heterocycles. The first-order chi connectivity index (χ1) is 20.0. The molecule has 1 N–H and O–H groups in total. The maximum atomic E-state index is 13.5. The largest absolute Gasteiger partial charge is 0.507 e. The van der Waals surface area contributed by atoms with Crippen LogP contribution >= 0.6 is 0 Å². The number of morpholine rings is 1. The van der Waals surface area contributed by atoms with Gasteiger partial charge in [-0.2, -0.15) is 0 Å². The third-order valence-corrected chi connectivity index (χ3v) is 7.39. The number of methoxy groups -OCH3 is 1. The molecule has 2 aromatic carbocycles. The zero-order valence-corrected chi connectivity index (χ0v) is 24.4. The van der Waals surface area contributed by atoms with Crippen molar-refractivity contribution in [1.82, 2.24) is 9.80 Å². The molecule has 0 bridgehead atoms. The van der Waals surface area contributed by atoms with E-state index in [1.54, 1.807) is 48.4 Å². The maximum absolute atomic E-state index is 13.5. The SMILES string of the molecule is CCCCCOc1ccc(C2/C(=C(\O)c3cccc(OCCC)c3)C(=O)C(=O)N2CCN2CCOCC2)cc1OC. The van der Waals surface area contributed by atoms with Gasteiger partial charge in [0.2, 0.25) is 0 Å². The zero-order chi connectivity index (χ0) is 29.2. The molecular formula is C32H42N2O7. The monoisotopic (exact) mass is 566 g/mol. The molecule has 1 unspecified atom stereocenters. The fraction of sp³-hybridized carbons (Fsp3) is 0.500. The lowest BCUT2D eigenvalue weighted by Gasteiger charge is -2.31. The minimum absolute atomic E-state index is 0.0447. The van der Waals surface area contributed by atoms with E-state index in [4.69, 9.17) is 18.9 Å². The lowest BCUT2D eigenvalue weighted by Crippen LogP contribution is -2.42. The zero-order valence-electron chi connectivity index (χ0n) is 24.4. The second-order valence-electron chi connectivity index (χ2n) is 10.3. The van der Waals surface area contributed by atoms with Crippen molar-refractivity contribution in [3.05, 3.63) is 59.2 Å². The number of carbonyl (C=O) groups is 2. The first kappa shape index (κ1) is 30.4. The summed E-state index contributed by atoms with van der Waals surface area (Å²) in [7, 11) is 1.56. The van der Waals surface area contributed by atoms with E-state index >= 15 is 0 Å². The Hall–Kier alpha value is -3.56. The Bertz CT molecular complexity index is 1220. The summed E-state index contributed by atoms with van der Waals surface area (Å²) in [6.45, 7) is 8.95. The topological polar surface area (TPSA) is 97.8 Å². The van der Waals surface area contributed by atoms with Gasteiger partial charge in [-0.15, -0.1) is 0 Å². The Balaban J connectivity index is 1.72. The van der Waals surface area contributed by atoms with E-state index < -0.39 is 17.7 Å². The third kappa shape index (κ3) is 7.40. The van der Waals surface area contributed by atoms with Crippen LogP contribution in [0.1, 0.15) is 56.7 Å². The molecule has 0 radical (unpaired) electrons. The highest BCUT2D eigenvalue weighted by molar-refractivity contribution is 6.46. The van der Waals surface area contributed by atoms with E-state index in [2.05, 4.69) is 11.8 Å². The summed E-state index contributed by atoms with van der Waals surface area (Å²) < 4.78 is 22.8. The average molecular weight is 567 g/mol. The molecule has 1 amide bonds. The van der Waals surface area contributed by atoms with Gasteiger partial charge in [0.1, 0.15) is 11.5 Å². The number of ether oxygens (including phenoxy) is 4. The van der Waals surface area contributed by atoms with Crippen molar-refractivity contribution in [1.29, 1.82) is 0 Å². The highest BCUT2D eigenvalue weighted by atomic mass is 16.5. The number of aliphatic hydroxyl groups excluding tert-OH is 1. The third-order valence-electron chi connectivity index (χ3n) is 7.39. The van der Waals surface area contributed by atoms with E-state index in [-0.39, 0.29) is 11.3 Å². The molecule has 2 fully saturated rings. The first-order valence-corrected chi connectivity index (χ1v) is 14.6. The van der Waals surface area contributed by atoms with Gasteiger partial charge in [0.05, 0.1) is 45.2 Å². The van der Waals surface area contributed by atoms with Gasteiger partial charge in [-0.05, 0) is 42.7 Å². The molecule has 0 aromatic heterocycles. The number of carbonyl (C=O) groups excluding carboxylic acids is 2. The average Bonchev–Trinajstić information content (AvgIpc) is 3.26. The van der Waals surface area contributed by atoms with Crippen molar-refractivity contribution in [2.75, 3.05) is 59.7 Å². The molecule has 41 heavy (non-hydrogen) atoms. The smallest absolute Gasteiger partial charge is 0.295 e. The van der Waals surface area contributed by atoms with Crippen LogP contribution in [0.4, 0.5) is 0 Å². The van der Waals surface area contributed by atoms with Crippen molar-refractivity contribution in [2.24, 2.45) is 0 Å². The van der Waals surface area contributed by atoms with Gasteiger partial charge in [-0.1, -0.05) is 44.9 Å². The fourth-order valence-electron chi connectivity index (χ4n) is 5.15. The van der Waals surface area contributed by atoms with Gasteiger partial charge in [-0.25, -0.2) is 0 Å². The Morgan fingerprint density at radius 2 is 1.76 bits per heavy atom. The van der Waals surface area contributed by atoms with Crippen molar-refractivity contribution in [2.45, 2.75) is 45.6 Å². The normalized spacial score (nSPS) is 19.0. The summed E-state index contributed by atoms with van der Waals surface area (Å²) in [5.41, 5.74) is 1.12. The van der Waals surface area contributed by atoms with Crippen molar-refractivity contribution >= 4 is 17.4 Å². The summed E-state index contributed by atoms with van der Waals surface area (Å²) in [5.74, 6) is 0.102. The molecule has 9 nitrogen and oxygen atoms in total. The second kappa shape index (κ2) is 14.9. The number of aliphatic hydroxyl groups is 1. The van der Waals surface area contributed by atoms with E-state index in [1.807, 2.05) is 13.0 Å². The Morgan fingerprint density at radius 1 is 0.951 bits per heavy atom. The highest BCUT2D eigenvalue weighted by Crippen LogP contribution is 2.42. The molecule has 9 heteroatoms. The molecule has 222 valence electrons. The number of nitrogens with zero attached hydrogens (tertiary/aromatic N) is 2. The number of hydrogen-bond acceptors (Lipinski definition) is 8. The lowest BCUT2D eigenvalue weighted by molar-refractivity contribution is -0.140. The molecule has 0 saturated carbocycles. The maximum Gasteiger partial charge on any atom is 0.295 e. The van der Waals surface area contributed by atoms with Crippen LogP contribution in [0.2, 0.25) is 0 Å². The summed E-state index contributed by atoms with van der Waals surface area (Å²) in [6.07, 6.45) is 3.94. The number of amides is 1. The van der Waals surface area contributed by atoms with Gasteiger partial charge < -0.3 is 29.0 Å². The van der Waals surface area contributed by atoms with Crippen LogP contribution in [-0.2, 0) is 14.3 Å². The summed E-state index contributed by atoms with van der Waals surface area (Å²) in [5, 5.41) is 11.5. The van der Waals surface area contributed by atoms with Crippen LogP contribution in [0.3, 0.4) is 0 Å². The minimum Gasteiger partial charge on any atom is -0.507 e. The molecule has 2 saturated heterocycles. The molecule has 2 heterocycles. The summed E-state index contributed by atoms with van der Waals surface area (Å²) in [4.78, 5) is 30.7. The Morgan fingerprint density at radius 3 is 2.49 bits per heavy atom. The van der Waals surface area contributed by atoms with E-state index in [0.717, 1.165) is 38.8 Å². The Labute approximate surface area is 242 Å². The number of likely N-dealkylation sites (tertiary alicyclic amines) is 1. The number of ketones is 1. The number of unbranched alkanes of at least 4 members (excludes halogenated alkanes) is 2. The van der Waals surface area contributed by atoms with Gasteiger partial charge >= 0.3 is 0 Å². The van der Waals surface area contributed by atoms with Gasteiger partial charge in [0.15, 0.2) is 11.5 Å². The molecular weight excluding hydrogens is 524 g/mol. The fourth-order valence-corrected chi connectivity index (χ4v) is 5.15. The van der Waals surface area contributed by atoms with Crippen LogP contribution in [0, 0.1) is 0 Å². The van der Waals surface area contributed by atoms with Crippen LogP contribution in [0.5, 0.6) is 17.2 Å². The van der Waals surface area contributed by atoms with Crippen molar-refractivity contribution in [3.8, 4) is 17.2 Å². The summed E-state index contributed by atoms with van der Waals surface area (Å²) in [6, 6.07) is 11.6. The van der Waals surface area contributed by atoms with Crippen molar-refractivity contribution < 1.29 is 33.6 Å². The van der Waals surface area contributed by atoms with Gasteiger partial charge in [0, 0.05) is 31.7 Å². The quantitative estimate of drug-likeness (QED) is 0.151. The van der Waals surface area contributed by atoms with Gasteiger partial charge in [0.25, 0.3) is 11.7 Å². The molecule has 0 aliphatic carbocycles. The Kier molecular flexibility index (Phi) is 11.0. The summed E-state index contributed by atoms with van der Waals surface area (Å²) >= 11 is 0. The lowest BCUT2D eigenvalue weighted by atomic mass is 9.95. The highest BCUT2D eigenvalue weighted by Gasteiger charge is 2.46. The molecule has 2 aliphatic rings. The predicted octanol–water partition coefficient (Wildman–Crippen LogP) is 4.81. The van der Waals surface area contributed by atoms with Crippen LogP contribution < -0.4 is 14.2 Å². The second-order valence-corrected chi connectivity index (χ2v) is 10.3. The minimum atomic E-state index is -0.792. The molecule has 0 spiro atoms. The van der Waals surface area contributed by atoms with E-state index in [1.165, 1.54) is 0 Å². The van der Waals surface area contributed by atoms with Crippen LogP contribution in [0.15, 0.2) is 48.0 Å². The molecule has 4 rings (SSSR count). The van der Waals surface area contributed by atoms with Crippen molar-refractivity contribution in [3.63, 3.8) is 0 Å². The van der Waals surface area contributed by atoms with Crippen LogP contribution in [0.25, 0.3) is 5.76 Å². The first-order valence-electron chi connectivity index (χ1n) is 14.6. The van der Waals surface area contributed by atoms with E-state index in [0.29, 0.717) is 67.9 Å². The van der Waals surface area contributed by atoms with E-state index in [9.17, 15) is 14.7 Å². The van der Waals surface area contributed by atoms with Gasteiger partial charge in [-0.3, -0.25) is 14.5 Å².